The summed E-state index contributed by atoms with van der Waals surface area (Å²) >= 11 is 0. The molecule has 4 heteroatoms. The highest BCUT2D eigenvalue weighted by Gasteiger charge is 2.35. The van der Waals surface area contributed by atoms with Crippen LogP contribution in [0.1, 0.15) is 38.7 Å². The number of nitrogens with one attached hydrogen (secondary N) is 1. The Bertz CT molecular complexity index is 451. The molecular weight excluding hydrogens is 251 g/mol. The highest BCUT2D eigenvalue weighted by atomic mass is 19.2. The van der Waals surface area contributed by atoms with Gasteiger partial charge in [-0.15, -0.1) is 0 Å². The van der Waals surface area contributed by atoms with E-state index in [0.29, 0.717) is 18.4 Å². The second kappa shape index (κ2) is 5.53. The summed E-state index contributed by atoms with van der Waals surface area (Å²) < 4.78 is 40.0. The van der Waals surface area contributed by atoms with Crippen molar-refractivity contribution in [1.82, 2.24) is 5.32 Å². The Morgan fingerprint density at radius 1 is 1.16 bits per heavy atom. The van der Waals surface area contributed by atoms with Crippen molar-refractivity contribution in [2.45, 2.75) is 45.1 Å². The maximum atomic E-state index is 13.8. The van der Waals surface area contributed by atoms with Crippen LogP contribution in [-0.4, -0.2) is 12.1 Å². The van der Waals surface area contributed by atoms with E-state index in [1.54, 1.807) is 0 Å². The Morgan fingerprint density at radius 3 is 2.42 bits per heavy atom. The molecular formula is C15H20F3N. The first-order chi connectivity index (χ1) is 8.92. The zero-order valence-corrected chi connectivity index (χ0v) is 11.4. The van der Waals surface area contributed by atoms with E-state index in [-0.39, 0.29) is 11.1 Å². The third kappa shape index (κ3) is 3.30. The second-order valence-electron chi connectivity index (χ2n) is 5.94. The van der Waals surface area contributed by atoms with Crippen molar-refractivity contribution in [2.75, 3.05) is 6.54 Å². The normalized spacial score (nSPS) is 23.3. The van der Waals surface area contributed by atoms with Crippen molar-refractivity contribution in [3.63, 3.8) is 0 Å². The van der Waals surface area contributed by atoms with Crippen molar-refractivity contribution in [1.29, 1.82) is 0 Å². The Balaban J connectivity index is 2.24. The van der Waals surface area contributed by atoms with Crippen molar-refractivity contribution >= 4 is 0 Å². The molecule has 1 unspecified atom stereocenters. The minimum absolute atomic E-state index is 0.181. The quantitative estimate of drug-likeness (QED) is 0.821. The van der Waals surface area contributed by atoms with Crippen LogP contribution >= 0.6 is 0 Å². The van der Waals surface area contributed by atoms with E-state index in [9.17, 15) is 13.2 Å². The van der Waals surface area contributed by atoms with E-state index in [4.69, 9.17) is 0 Å². The minimum Gasteiger partial charge on any atom is -0.311 e. The van der Waals surface area contributed by atoms with Gasteiger partial charge in [0.2, 0.25) is 0 Å². The van der Waals surface area contributed by atoms with Crippen LogP contribution in [0, 0.1) is 23.4 Å². The molecule has 0 radical (unpaired) electrons. The Kier molecular flexibility index (Phi) is 4.19. The van der Waals surface area contributed by atoms with Gasteiger partial charge in [-0.1, -0.05) is 13.8 Å². The van der Waals surface area contributed by atoms with Gasteiger partial charge in [0.25, 0.3) is 0 Å². The molecule has 0 spiro atoms. The predicted molar refractivity (Wildman–Crippen MR) is 69.4 cm³/mol. The topological polar surface area (TPSA) is 12.0 Å². The molecule has 0 aliphatic carbocycles. The van der Waals surface area contributed by atoms with Gasteiger partial charge in [-0.3, -0.25) is 0 Å². The van der Waals surface area contributed by atoms with Crippen LogP contribution in [0.2, 0.25) is 0 Å². The molecule has 1 nitrogen and oxygen atoms in total. The molecule has 0 amide bonds. The smallest absolute Gasteiger partial charge is 0.161 e. The molecule has 106 valence electrons. The molecule has 1 N–H and O–H groups in total. The lowest BCUT2D eigenvalue weighted by Crippen LogP contribution is -2.43. The third-order valence-corrected chi connectivity index (χ3v) is 3.75. The van der Waals surface area contributed by atoms with Gasteiger partial charge in [-0.25, -0.2) is 13.2 Å². The first-order valence-electron chi connectivity index (χ1n) is 6.80. The molecule has 1 aliphatic rings. The van der Waals surface area contributed by atoms with Gasteiger partial charge in [0.1, 0.15) is 5.82 Å². The lowest BCUT2D eigenvalue weighted by Gasteiger charge is -2.32. The fourth-order valence-electron chi connectivity index (χ4n) is 3.11. The summed E-state index contributed by atoms with van der Waals surface area (Å²) in [5.74, 6) is -2.29. The second-order valence-corrected chi connectivity index (χ2v) is 5.94. The van der Waals surface area contributed by atoms with Crippen LogP contribution < -0.4 is 5.32 Å². The van der Waals surface area contributed by atoms with E-state index in [1.807, 2.05) is 0 Å². The SMILES string of the molecule is CC(C)CC1(Cc2cc(F)c(F)cc2F)CCCN1. The van der Waals surface area contributed by atoms with Crippen LogP contribution in [-0.2, 0) is 6.42 Å². The molecule has 0 bridgehead atoms. The average molecular weight is 271 g/mol. The molecule has 0 saturated carbocycles. The summed E-state index contributed by atoms with van der Waals surface area (Å²) in [5, 5.41) is 3.43. The molecule has 1 saturated heterocycles. The van der Waals surface area contributed by atoms with E-state index in [1.165, 1.54) is 0 Å². The van der Waals surface area contributed by atoms with Gasteiger partial charge >= 0.3 is 0 Å². The number of hydrogen-bond acceptors (Lipinski definition) is 1. The van der Waals surface area contributed by atoms with Gasteiger partial charge in [-0.05, 0) is 49.8 Å². The highest BCUT2D eigenvalue weighted by molar-refractivity contribution is 5.23. The highest BCUT2D eigenvalue weighted by Crippen LogP contribution is 2.31. The van der Waals surface area contributed by atoms with Crippen molar-refractivity contribution in [3.05, 3.63) is 35.1 Å². The van der Waals surface area contributed by atoms with Crippen molar-refractivity contribution in [3.8, 4) is 0 Å². The summed E-state index contributed by atoms with van der Waals surface area (Å²) in [6.07, 6.45) is 3.31. The van der Waals surface area contributed by atoms with Gasteiger partial charge in [0.15, 0.2) is 11.6 Å². The first kappa shape index (κ1) is 14.4. The lowest BCUT2D eigenvalue weighted by molar-refractivity contribution is 0.297. The number of rotatable bonds is 4. The Hall–Kier alpha value is -1.03. The molecule has 1 atom stereocenters. The minimum atomic E-state index is -1.13. The van der Waals surface area contributed by atoms with E-state index in [2.05, 4.69) is 19.2 Å². The maximum absolute atomic E-state index is 13.8. The maximum Gasteiger partial charge on any atom is 0.161 e. The van der Waals surface area contributed by atoms with Gasteiger partial charge in [0.05, 0.1) is 0 Å². The third-order valence-electron chi connectivity index (χ3n) is 3.75. The van der Waals surface area contributed by atoms with Gasteiger partial charge < -0.3 is 5.32 Å². The molecule has 1 aromatic rings. The van der Waals surface area contributed by atoms with Gasteiger partial charge in [-0.2, -0.15) is 0 Å². The lowest BCUT2D eigenvalue weighted by atomic mass is 9.82. The Labute approximate surface area is 112 Å². The summed E-state index contributed by atoms with van der Waals surface area (Å²) in [6, 6.07) is 1.63. The number of hydrogen-bond donors (Lipinski definition) is 1. The van der Waals surface area contributed by atoms with Crippen LogP contribution in [0.25, 0.3) is 0 Å². The summed E-state index contributed by atoms with van der Waals surface area (Å²) in [5.41, 5.74) is 0.0770. The summed E-state index contributed by atoms with van der Waals surface area (Å²) in [4.78, 5) is 0. The fraction of sp³-hybridized carbons (Fsp3) is 0.600. The first-order valence-corrected chi connectivity index (χ1v) is 6.80. The van der Waals surface area contributed by atoms with E-state index < -0.39 is 17.5 Å². The van der Waals surface area contributed by atoms with E-state index >= 15 is 0 Å². The molecule has 1 aliphatic heterocycles. The van der Waals surface area contributed by atoms with Crippen LogP contribution in [0.15, 0.2) is 12.1 Å². The standard InChI is InChI=1S/C15H20F3N/c1-10(2)8-15(4-3-5-19-15)9-11-6-13(17)14(18)7-12(11)16/h6-7,10,19H,3-5,8-9H2,1-2H3. The Morgan fingerprint density at radius 2 is 1.84 bits per heavy atom. The summed E-state index contributed by atoms with van der Waals surface area (Å²) in [7, 11) is 0. The molecule has 0 aromatic heterocycles. The van der Waals surface area contributed by atoms with Crippen LogP contribution in [0.4, 0.5) is 13.2 Å². The van der Waals surface area contributed by atoms with Gasteiger partial charge in [0, 0.05) is 11.6 Å². The zero-order chi connectivity index (χ0) is 14.0. The van der Waals surface area contributed by atoms with Crippen LogP contribution in [0.3, 0.4) is 0 Å². The molecule has 19 heavy (non-hydrogen) atoms. The monoisotopic (exact) mass is 271 g/mol. The van der Waals surface area contributed by atoms with Crippen molar-refractivity contribution < 1.29 is 13.2 Å². The van der Waals surface area contributed by atoms with E-state index in [0.717, 1.165) is 31.9 Å². The zero-order valence-electron chi connectivity index (χ0n) is 11.4. The number of benzene rings is 1. The van der Waals surface area contributed by atoms with Crippen molar-refractivity contribution in [2.24, 2.45) is 5.92 Å². The molecule has 1 fully saturated rings. The molecule has 1 aromatic carbocycles. The van der Waals surface area contributed by atoms with Crippen LogP contribution in [0.5, 0.6) is 0 Å². The molecule has 2 rings (SSSR count). The largest absolute Gasteiger partial charge is 0.311 e. The summed E-state index contributed by atoms with van der Waals surface area (Å²) in [6.45, 7) is 5.13. The average Bonchev–Trinajstić information content (AvgIpc) is 2.73. The fourth-order valence-corrected chi connectivity index (χ4v) is 3.11. The predicted octanol–water partition coefficient (Wildman–Crippen LogP) is 3.81. The number of halogens is 3. The molecule has 1 heterocycles.